The number of carboxylic acid groups (broad SMARTS) is 1. The third-order valence-electron chi connectivity index (χ3n) is 3.43. The highest BCUT2D eigenvalue weighted by atomic mass is 35.5. The van der Waals surface area contributed by atoms with Crippen molar-refractivity contribution in [1.82, 2.24) is 9.88 Å². The number of carbonyl (C=O) groups excluding carboxylic acids is 1. The SMILES string of the molecule is CCCN(C(=O)c1cccc(Cl)n1)C1COCC1C(=O)O. The zero-order valence-corrected chi connectivity index (χ0v) is 12.4. The normalized spacial score (nSPS) is 21.2. The van der Waals surface area contributed by atoms with Crippen molar-refractivity contribution in [2.24, 2.45) is 5.92 Å². The van der Waals surface area contributed by atoms with Gasteiger partial charge in [-0.05, 0) is 18.6 Å². The first kappa shape index (κ1) is 15.7. The van der Waals surface area contributed by atoms with E-state index in [2.05, 4.69) is 4.98 Å². The Labute approximate surface area is 127 Å². The molecule has 0 aliphatic carbocycles. The maximum Gasteiger partial charge on any atom is 0.311 e. The highest BCUT2D eigenvalue weighted by Gasteiger charge is 2.40. The zero-order valence-electron chi connectivity index (χ0n) is 11.7. The minimum absolute atomic E-state index is 0.121. The van der Waals surface area contributed by atoms with Gasteiger partial charge in [-0.1, -0.05) is 24.6 Å². The van der Waals surface area contributed by atoms with Gasteiger partial charge in [0.25, 0.3) is 5.91 Å². The fourth-order valence-corrected chi connectivity index (χ4v) is 2.58. The average molecular weight is 313 g/mol. The number of rotatable bonds is 5. The lowest BCUT2D eigenvalue weighted by molar-refractivity contribution is -0.142. The van der Waals surface area contributed by atoms with E-state index in [9.17, 15) is 14.7 Å². The number of amides is 1. The van der Waals surface area contributed by atoms with Gasteiger partial charge in [0.2, 0.25) is 0 Å². The van der Waals surface area contributed by atoms with Gasteiger partial charge in [-0.2, -0.15) is 0 Å². The van der Waals surface area contributed by atoms with Crippen molar-refractivity contribution < 1.29 is 19.4 Å². The minimum atomic E-state index is -0.953. The molecule has 21 heavy (non-hydrogen) atoms. The van der Waals surface area contributed by atoms with Crippen molar-refractivity contribution in [1.29, 1.82) is 0 Å². The second-order valence-corrected chi connectivity index (χ2v) is 5.28. The van der Waals surface area contributed by atoms with Crippen LogP contribution in [0.25, 0.3) is 0 Å². The summed E-state index contributed by atoms with van der Waals surface area (Å²) in [5.41, 5.74) is 0.215. The van der Waals surface area contributed by atoms with Gasteiger partial charge < -0.3 is 14.7 Å². The van der Waals surface area contributed by atoms with E-state index in [1.165, 1.54) is 4.90 Å². The molecule has 0 radical (unpaired) electrons. The first-order chi connectivity index (χ1) is 10.0. The summed E-state index contributed by atoms with van der Waals surface area (Å²) in [6.07, 6.45) is 0.717. The van der Waals surface area contributed by atoms with Gasteiger partial charge in [-0.15, -0.1) is 0 Å². The molecule has 0 bridgehead atoms. The van der Waals surface area contributed by atoms with Crippen LogP contribution in [0, 0.1) is 5.92 Å². The fourth-order valence-electron chi connectivity index (χ4n) is 2.42. The Morgan fingerprint density at radius 3 is 2.86 bits per heavy atom. The number of hydrogen-bond donors (Lipinski definition) is 1. The van der Waals surface area contributed by atoms with E-state index in [-0.39, 0.29) is 30.0 Å². The Balaban J connectivity index is 2.26. The molecule has 6 nitrogen and oxygen atoms in total. The van der Waals surface area contributed by atoms with Crippen molar-refractivity contribution in [3.05, 3.63) is 29.0 Å². The standard InChI is InChI=1S/C14H17ClN2O4/c1-2-6-17(11-8-21-7-9(11)14(19)20)13(18)10-4-3-5-12(15)16-10/h3-5,9,11H,2,6-8H2,1H3,(H,19,20). The predicted molar refractivity (Wildman–Crippen MR) is 76.3 cm³/mol. The molecule has 1 aliphatic heterocycles. The number of nitrogens with zero attached hydrogens (tertiary/aromatic N) is 2. The molecule has 1 aromatic heterocycles. The van der Waals surface area contributed by atoms with Gasteiger partial charge >= 0.3 is 5.97 Å². The number of pyridine rings is 1. The van der Waals surface area contributed by atoms with E-state index in [1.807, 2.05) is 6.92 Å². The van der Waals surface area contributed by atoms with Gasteiger partial charge in [0.1, 0.15) is 16.8 Å². The first-order valence-electron chi connectivity index (χ1n) is 6.78. The third kappa shape index (κ3) is 3.51. The highest BCUT2D eigenvalue weighted by Crippen LogP contribution is 2.22. The van der Waals surface area contributed by atoms with Gasteiger partial charge in [-0.25, -0.2) is 4.98 Å². The molecule has 2 heterocycles. The van der Waals surface area contributed by atoms with Crippen LogP contribution < -0.4 is 0 Å². The van der Waals surface area contributed by atoms with Crippen molar-refractivity contribution >= 4 is 23.5 Å². The molecule has 7 heteroatoms. The van der Waals surface area contributed by atoms with Gasteiger partial charge in [0.15, 0.2) is 0 Å². The minimum Gasteiger partial charge on any atom is -0.481 e. The lowest BCUT2D eigenvalue weighted by Gasteiger charge is -2.30. The smallest absolute Gasteiger partial charge is 0.311 e. The second-order valence-electron chi connectivity index (χ2n) is 4.89. The predicted octanol–water partition coefficient (Wildman–Crippen LogP) is 1.69. The molecule has 1 fully saturated rings. The van der Waals surface area contributed by atoms with Crippen LogP contribution in [0.5, 0.6) is 0 Å². The maximum atomic E-state index is 12.6. The lowest BCUT2D eigenvalue weighted by atomic mass is 10.0. The van der Waals surface area contributed by atoms with Crippen molar-refractivity contribution in [2.75, 3.05) is 19.8 Å². The summed E-state index contributed by atoms with van der Waals surface area (Å²) < 4.78 is 5.25. The third-order valence-corrected chi connectivity index (χ3v) is 3.64. The van der Waals surface area contributed by atoms with Crippen molar-refractivity contribution in [2.45, 2.75) is 19.4 Å². The summed E-state index contributed by atoms with van der Waals surface area (Å²) in [6.45, 7) is 2.72. The number of hydrogen-bond acceptors (Lipinski definition) is 4. The summed E-state index contributed by atoms with van der Waals surface area (Å²) >= 11 is 5.81. The van der Waals surface area contributed by atoms with Crippen LogP contribution in [0.2, 0.25) is 5.15 Å². The summed E-state index contributed by atoms with van der Waals surface area (Å²) in [5, 5.41) is 9.47. The quantitative estimate of drug-likeness (QED) is 0.837. The molecule has 0 aromatic carbocycles. The van der Waals surface area contributed by atoms with Crippen LogP contribution in [0.3, 0.4) is 0 Å². The molecule has 1 aromatic rings. The Kier molecular flexibility index (Phi) is 5.14. The molecule has 2 atom stereocenters. The molecule has 0 saturated carbocycles. The molecule has 1 amide bonds. The molecular weight excluding hydrogens is 296 g/mol. The van der Waals surface area contributed by atoms with E-state index < -0.39 is 17.9 Å². The number of ether oxygens (including phenoxy) is 1. The van der Waals surface area contributed by atoms with Gasteiger partial charge in [0.05, 0.1) is 19.3 Å². The number of carboxylic acids is 1. The van der Waals surface area contributed by atoms with Gasteiger partial charge in [0, 0.05) is 6.54 Å². The van der Waals surface area contributed by atoms with Crippen molar-refractivity contribution in [3.8, 4) is 0 Å². The Morgan fingerprint density at radius 1 is 1.48 bits per heavy atom. The van der Waals surface area contributed by atoms with E-state index >= 15 is 0 Å². The lowest BCUT2D eigenvalue weighted by Crippen LogP contribution is -2.47. The highest BCUT2D eigenvalue weighted by molar-refractivity contribution is 6.29. The van der Waals surface area contributed by atoms with E-state index in [0.717, 1.165) is 6.42 Å². The fraction of sp³-hybridized carbons (Fsp3) is 0.500. The molecule has 1 N–H and O–H groups in total. The van der Waals surface area contributed by atoms with E-state index in [4.69, 9.17) is 16.3 Å². The molecule has 2 unspecified atom stereocenters. The van der Waals surface area contributed by atoms with E-state index in [0.29, 0.717) is 6.54 Å². The second kappa shape index (κ2) is 6.87. The van der Waals surface area contributed by atoms with Gasteiger partial charge in [-0.3, -0.25) is 9.59 Å². The van der Waals surface area contributed by atoms with Crippen LogP contribution in [0.1, 0.15) is 23.8 Å². The number of aliphatic carboxylic acids is 1. The van der Waals surface area contributed by atoms with Crippen LogP contribution >= 0.6 is 11.6 Å². The van der Waals surface area contributed by atoms with E-state index in [1.54, 1.807) is 18.2 Å². The molecule has 2 rings (SSSR count). The molecule has 1 saturated heterocycles. The Morgan fingerprint density at radius 2 is 2.24 bits per heavy atom. The molecule has 1 aliphatic rings. The molecule has 0 spiro atoms. The first-order valence-corrected chi connectivity index (χ1v) is 7.16. The Bertz CT molecular complexity index is 537. The topological polar surface area (TPSA) is 79.7 Å². The number of aromatic nitrogens is 1. The van der Waals surface area contributed by atoms with Crippen LogP contribution in [0.15, 0.2) is 18.2 Å². The maximum absolute atomic E-state index is 12.6. The zero-order chi connectivity index (χ0) is 15.4. The summed E-state index contributed by atoms with van der Waals surface area (Å²) in [6, 6.07) is 4.33. The van der Waals surface area contributed by atoms with Crippen LogP contribution in [0.4, 0.5) is 0 Å². The molecule has 114 valence electrons. The monoisotopic (exact) mass is 312 g/mol. The largest absolute Gasteiger partial charge is 0.481 e. The van der Waals surface area contributed by atoms with Crippen molar-refractivity contribution in [3.63, 3.8) is 0 Å². The molecular formula is C14H17ClN2O4. The Hall–Kier alpha value is -1.66. The van der Waals surface area contributed by atoms with Crippen LogP contribution in [-0.2, 0) is 9.53 Å². The number of halogens is 1. The average Bonchev–Trinajstić information content (AvgIpc) is 2.93. The summed E-state index contributed by atoms with van der Waals surface area (Å²) in [7, 11) is 0. The summed E-state index contributed by atoms with van der Waals surface area (Å²) in [5.74, 6) is -1.98. The number of carbonyl (C=O) groups is 2. The van der Waals surface area contributed by atoms with Crippen LogP contribution in [-0.4, -0.2) is 52.7 Å². The summed E-state index contributed by atoms with van der Waals surface area (Å²) in [4.78, 5) is 29.4.